The highest BCUT2D eigenvalue weighted by Gasteiger charge is 2.07. The van der Waals surface area contributed by atoms with Crippen molar-refractivity contribution in [1.29, 1.82) is 0 Å². The van der Waals surface area contributed by atoms with E-state index in [2.05, 4.69) is 26.0 Å². The first-order chi connectivity index (χ1) is 8.65. The average Bonchev–Trinajstić information content (AvgIpc) is 2.77. The lowest BCUT2D eigenvalue weighted by Gasteiger charge is -2.04. The molecule has 0 aliphatic heterocycles. The number of halogens is 1. The van der Waals surface area contributed by atoms with Crippen LogP contribution in [0.2, 0.25) is 0 Å². The summed E-state index contributed by atoms with van der Waals surface area (Å²) in [6.07, 6.45) is 4.99. The quantitative estimate of drug-likeness (QED) is 0.690. The van der Waals surface area contributed by atoms with Crippen molar-refractivity contribution < 1.29 is 0 Å². The van der Waals surface area contributed by atoms with Gasteiger partial charge in [0.2, 0.25) is 0 Å². The minimum atomic E-state index is -0.149. The lowest BCUT2D eigenvalue weighted by Crippen LogP contribution is -2.20. The molecule has 0 spiro atoms. The summed E-state index contributed by atoms with van der Waals surface area (Å²) in [6.45, 7) is 1.87. The fourth-order valence-electron chi connectivity index (χ4n) is 1.75. The van der Waals surface area contributed by atoms with E-state index in [1.165, 1.54) is 15.3 Å². The van der Waals surface area contributed by atoms with Crippen molar-refractivity contribution >= 4 is 21.6 Å². The number of pyridine rings is 1. The maximum absolute atomic E-state index is 12.3. The third-order valence-corrected chi connectivity index (χ3v) is 3.09. The van der Waals surface area contributed by atoms with Crippen LogP contribution in [0.1, 0.15) is 5.69 Å². The lowest BCUT2D eigenvalue weighted by atomic mass is 10.4. The molecule has 0 saturated heterocycles. The first-order valence-corrected chi connectivity index (χ1v) is 6.14. The SMILES string of the molecule is Cc1ccn(-c2cnc3ccc(Br)cn3c2=O)n1. The lowest BCUT2D eigenvalue weighted by molar-refractivity contribution is 0.830. The molecule has 0 atom stereocenters. The van der Waals surface area contributed by atoms with Gasteiger partial charge < -0.3 is 0 Å². The van der Waals surface area contributed by atoms with Crippen LogP contribution < -0.4 is 5.56 Å². The molecule has 0 bridgehead atoms. The zero-order chi connectivity index (χ0) is 12.7. The van der Waals surface area contributed by atoms with Crippen molar-refractivity contribution in [2.45, 2.75) is 6.92 Å². The third-order valence-electron chi connectivity index (χ3n) is 2.62. The van der Waals surface area contributed by atoms with Gasteiger partial charge in [-0.2, -0.15) is 5.10 Å². The molecule has 0 aliphatic rings. The zero-order valence-corrected chi connectivity index (χ0v) is 11.1. The fourth-order valence-corrected chi connectivity index (χ4v) is 2.08. The molecule has 0 radical (unpaired) electrons. The van der Waals surface area contributed by atoms with Crippen molar-refractivity contribution in [1.82, 2.24) is 19.2 Å². The molecule has 3 aromatic heterocycles. The second-order valence-corrected chi connectivity index (χ2v) is 4.84. The van der Waals surface area contributed by atoms with E-state index in [9.17, 15) is 4.79 Å². The molecule has 90 valence electrons. The van der Waals surface area contributed by atoms with Gasteiger partial charge in [0.25, 0.3) is 5.56 Å². The largest absolute Gasteiger partial charge is 0.283 e. The minimum absolute atomic E-state index is 0.149. The second-order valence-electron chi connectivity index (χ2n) is 3.93. The Kier molecular flexibility index (Phi) is 2.52. The fraction of sp³-hybridized carbons (Fsp3) is 0.0833. The molecule has 3 rings (SSSR count). The zero-order valence-electron chi connectivity index (χ0n) is 9.54. The Balaban J connectivity index is 2.32. The number of hydrogen-bond donors (Lipinski definition) is 0. The molecular weight excluding hydrogens is 296 g/mol. The maximum atomic E-state index is 12.3. The first-order valence-electron chi connectivity index (χ1n) is 5.35. The molecular formula is C12H9BrN4O. The van der Waals surface area contributed by atoms with Crippen LogP contribution in [0, 0.1) is 6.92 Å². The molecule has 0 amide bonds. The van der Waals surface area contributed by atoms with Gasteiger partial charge in [-0.25, -0.2) is 9.67 Å². The van der Waals surface area contributed by atoms with Gasteiger partial charge in [-0.05, 0) is 41.1 Å². The number of aromatic nitrogens is 4. The van der Waals surface area contributed by atoms with Crippen molar-refractivity contribution in [3.05, 3.63) is 57.3 Å². The summed E-state index contributed by atoms with van der Waals surface area (Å²) in [7, 11) is 0. The molecule has 6 heteroatoms. The molecule has 3 aromatic rings. The van der Waals surface area contributed by atoms with Crippen LogP contribution in [0.3, 0.4) is 0 Å². The van der Waals surface area contributed by atoms with Gasteiger partial charge >= 0.3 is 0 Å². The molecule has 0 N–H and O–H groups in total. The van der Waals surface area contributed by atoms with E-state index in [0.717, 1.165) is 10.2 Å². The number of hydrogen-bond acceptors (Lipinski definition) is 3. The molecule has 5 nitrogen and oxygen atoms in total. The van der Waals surface area contributed by atoms with Crippen molar-refractivity contribution in [2.75, 3.05) is 0 Å². The average molecular weight is 305 g/mol. The molecule has 0 aliphatic carbocycles. The van der Waals surface area contributed by atoms with Gasteiger partial charge in [-0.15, -0.1) is 0 Å². The summed E-state index contributed by atoms with van der Waals surface area (Å²) >= 11 is 3.34. The Labute approximate surface area is 111 Å². The molecule has 3 heterocycles. The summed E-state index contributed by atoms with van der Waals surface area (Å²) in [4.78, 5) is 16.6. The summed E-state index contributed by atoms with van der Waals surface area (Å²) in [5.41, 5.74) is 1.74. The molecule has 0 aromatic carbocycles. The van der Waals surface area contributed by atoms with E-state index in [0.29, 0.717) is 11.3 Å². The van der Waals surface area contributed by atoms with E-state index in [1.807, 2.05) is 19.1 Å². The van der Waals surface area contributed by atoms with Crippen LogP contribution in [-0.2, 0) is 0 Å². The predicted octanol–water partition coefficient (Wildman–Crippen LogP) is 1.95. The molecule has 0 saturated carbocycles. The van der Waals surface area contributed by atoms with Gasteiger partial charge in [-0.1, -0.05) is 0 Å². The van der Waals surface area contributed by atoms with Gasteiger partial charge in [0.05, 0.1) is 11.9 Å². The Morgan fingerprint density at radius 2 is 2.11 bits per heavy atom. The van der Waals surface area contributed by atoms with E-state index in [1.54, 1.807) is 18.5 Å². The third kappa shape index (κ3) is 1.74. The molecule has 18 heavy (non-hydrogen) atoms. The van der Waals surface area contributed by atoms with Crippen LogP contribution in [0.15, 0.2) is 46.1 Å². The van der Waals surface area contributed by atoms with Gasteiger partial charge in [0, 0.05) is 16.9 Å². The summed E-state index contributed by atoms with van der Waals surface area (Å²) < 4.78 is 3.86. The van der Waals surface area contributed by atoms with Crippen LogP contribution in [0.4, 0.5) is 0 Å². The van der Waals surface area contributed by atoms with Gasteiger partial charge in [-0.3, -0.25) is 9.20 Å². The smallest absolute Gasteiger partial charge is 0.266 e. The summed E-state index contributed by atoms with van der Waals surface area (Å²) in [5.74, 6) is 0. The number of aryl methyl sites for hydroxylation is 1. The Hall–Kier alpha value is -1.95. The van der Waals surface area contributed by atoms with E-state index >= 15 is 0 Å². The second kappa shape index (κ2) is 4.06. The van der Waals surface area contributed by atoms with Crippen LogP contribution in [0.5, 0.6) is 0 Å². The Morgan fingerprint density at radius 1 is 1.28 bits per heavy atom. The van der Waals surface area contributed by atoms with Crippen LogP contribution in [-0.4, -0.2) is 19.2 Å². The highest BCUT2D eigenvalue weighted by Crippen LogP contribution is 2.10. The van der Waals surface area contributed by atoms with Gasteiger partial charge in [0.1, 0.15) is 11.3 Å². The van der Waals surface area contributed by atoms with E-state index < -0.39 is 0 Å². The Morgan fingerprint density at radius 3 is 2.83 bits per heavy atom. The summed E-state index contributed by atoms with van der Waals surface area (Å²) in [6, 6.07) is 5.47. The van der Waals surface area contributed by atoms with Crippen molar-refractivity contribution in [3.8, 4) is 5.69 Å². The summed E-state index contributed by atoms with van der Waals surface area (Å²) in [5, 5.41) is 4.22. The van der Waals surface area contributed by atoms with E-state index in [4.69, 9.17) is 0 Å². The highest BCUT2D eigenvalue weighted by molar-refractivity contribution is 9.10. The highest BCUT2D eigenvalue weighted by atomic mass is 79.9. The van der Waals surface area contributed by atoms with Crippen LogP contribution in [0.25, 0.3) is 11.3 Å². The van der Waals surface area contributed by atoms with Gasteiger partial charge in [0.15, 0.2) is 0 Å². The molecule has 0 unspecified atom stereocenters. The van der Waals surface area contributed by atoms with Crippen molar-refractivity contribution in [3.63, 3.8) is 0 Å². The number of nitrogens with zero attached hydrogens (tertiary/aromatic N) is 4. The standard InChI is InChI=1S/C12H9BrN4O/c1-8-4-5-17(15-8)10-6-14-11-3-2-9(13)7-16(11)12(10)18/h2-7H,1H3. The molecule has 0 fully saturated rings. The van der Waals surface area contributed by atoms with Crippen molar-refractivity contribution in [2.24, 2.45) is 0 Å². The normalized spacial score (nSPS) is 11.0. The first kappa shape index (κ1) is 11.2. The monoisotopic (exact) mass is 304 g/mol. The minimum Gasteiger partial charge on any atom is -0.266 e. The maximum Gasteiger partial charge on any atom is 0.283 e. The number of fused-ring (bicyclic) bond motifs is 1. The van der Waals surface area contributed by atoms with E-state index in [-0.39, 0.29) is 5.56 Å². The predicted molar refractivity (Wildman–Crippen MR) is 71.0 cm³/mol. The van der Waals surface area contributed by atoms with Crippen LogP contribution >= 0.6 is 15.9 Å². The number of rotatable bonds is 1. The Bertz CT molecular complexity index is 790. The topological polar surface area (TPSA) is 52.2 Å².